The second kappa shape index (κ2) is 11.0. The van der Waals surface area contributed by atoms with E-state index in [1.807, 2.05) is 52.0 Å². The Hall–Kier alpha value is -2.86. The molecule has 0 radical (unpaired) electrons. The molecule has 0 spiro atoms. The highest BCUT2D eigenvalue weighted by molar-refractivity contribution is 7.85. The van der Waals surface area contributed by atoms with Gasteiger partial charge in [0, 0.05) is 24.4 Å². The summed E-state index contributed by atoms with van der Waals surface area (Å²) in [4.78, 5) is 15.8. The Kier molecular flexibility index (Phi) is 8.89. The Bertz CT molecular complexity index is 1250. The summed E-state index contributed by atoms with van der Waals surface area (Å²) in [6.45, 7) is 8.85. The second-order valence-corrected chi connectivity index (χ2v) is 10.2. The van der Waals surface area contributed by atoms with Gasteiger partial charge in [-0.2, -0.15) is 8.42 Å². The number of nitrogens with one attached hydrogen (secondary N) is 1. The quantitative estimate of drug-likeness (QED) is 0.115. The number of aromatic nitrogens is 1. The van der Waals surface area contributed by atoms with Gasteiger partial charge in [0.15, 0.2) is 0 Å². The molecule has 11 heteroatoms. The summed E-state index contributed by atoms with van der Waals surface area (Å²) in [5.74, 6) is 0. The van der Waals surface area contributed by atoms with Gasteiger partial charge in [-0.15, -0.1) is 0 Å². The van der Waals surface area contributed by atoms with Gasteiger partial charge in [0.2, 0.25) is 0 Å². The summed E-state index contributed by atoms with van der Waals surface area (Å²) in [5.41, 5.74) is 2.09. The summed E-state index contributed by atoms with van der Waals surface area (Å²) in [5, 5.41) is 29.4. The number of pyridine rings is 1. The van der Waals surface area contributed by atoms with E-state index in [0.29, 0.717) is 42.4 Å². The molecule has 1 heterocycles. The van der Waals surface area contributed by atoms with Gasteiger partial charge in [0.05, 0.1) is 46.5 Å². The number of nitro groups is 1. The number of quaternary nitrogens is 1. The molecule has 2 N–H and O–H groups in total. The molecule has 0 aliphatic heterocycles. The lowest BCUT2D eigenvalue weighted by Gasteiger charge is -2.50. The smallest absolute Gasteiger partial charge is 0.280 e. The van der Waals surface area contributed by atoms with E-state index in [-0.39, 0.29) is 27.3 Å². The molecule has 0 aliphatic rings. The third-order valence-corrected chi connectivity index (χ3v) is 5.62. The van der Waals surface area contributed by atoms with Gasteiger partial charge >= 0.3 is 0 Å². The minimum atomic E-state index is -3.67. The van der Waals surface area contributed by atoms with Crippen LogP contribution in [-0.4, -0.2) is 59.0 Å². The van der Waals surface area contributed by atoms with Crippen molar-refractivity contribution in [1.82, 2.24) is 4.98 Å². The van der Waals surface area contributed by atoms with Gasteiger partial charge < -0.3 is 15.2 Å². The maximum Gasteiger partial charge on any atom is 0.280 e. The lowest BCUT2D eigenvalue weighted by Crippen LogP contribution is -2.53. The van der Waals surface area contributed by atoms with Gasteiger partial charge in [0.1, 0.15) is 5.39 Å². The summed E-state index contributed by atoms with van der Waals surface area (Å²) in [7, 11) is -3.67. The van der Waals surface area contributed by atoms with Crippen LogP contribution in [0.25, 0.3) is 21.8 Å². The number of benzene rings is 2. The minimum Gasteiger partial charge on any atom is -0.632 e. The van der Waals surface area contributed by atoms with Crippen molar-refractivity contribution in [1.29, 1.82) is 0 Å². The van der Waals surface area contributed by atoms with Crippen LogP contribution in [0, 0.1) is 15.3 Å². The van der Waals surface area contributed by atoms with Crippen molar-refractivity contribution in [2.45, 2.75) is 46.2 Å². The van der Waals surface area contributed by atoms with Crippen molar-refractivity contribution in [2.24, 2.45) is 0 Å². The molecule has 186 valence electrons. The van der Waals surface area contributed by atoms with Gasteiger partial charge in [-0.25, -0.2) is 4.98 Å². The van der Waals surface area contributed by atoms with Crippen molar-refractivity contribution in [3.05, 3.63) is 57.8 Å². The fourth-order valence-corrected chi connectivity index (χ4v) is 3.91. The number of anilines is 1. The van der Waals surface area contributed by atoms with E-state index in [2.05, 4.69) is 10.3 Å². The SMILES string of the molecule is CC(C)[N+]([O-])(CCCNc1c2ccccc2nc2cccc([N+](=O)[O-])c12)C(C)C.CS(=O)(=O)O. The van der Waals surface area contributed by atoms with Crippen LogP contribution in [-0.2, 0) is 10.1 Å². The Morgan fingerprint density at radius 2 is 1.62 bits per heavy atom. The molecule has 0 fully saturated rings. The molecule has 3 rings (SSSR count). The third kappa shape index (κ3) is 6.83. The Morgan fingerprint density at radius 1 is 1.06 bits per heavy atom. The van der Waals surface area contributed by atoms with Crippen molar-refractivity contribution < 1.29 is 22.5 Å². The number of hydrogen-bond donors (Lipinski definition) is 2. The van der Waals surface area contributed by atoms with Crippen LogP contribution in [0.5, 0.6) is 0 Å². The first-order valence-electron chi connectivity index (χ1n) is 11.0. The summed E-state index contributed by atoms with van der Waals surface area (Å²) < 4.78 is 25.6. The van der Waals surface area contributed by atoms with Crippen molar-refractivity contribution >= 4 is 43.3 Å². The largest absolute Gasteiger partial charge is 0.632 e. The van der Waals surface area contributed by atoms with Crippen LogP contribution in [0.1, 0.15) is 34.1 Å². The van der Waals surface area contributed by atoms with Crippen molar-refractivity contribution in [3.63, 3.8) is 0 Å². The number of non-ortho nitro benzene ring substituents is 1. The van der Waals surface area contributed by atoms with Crippen molar-refractivity contribution in [3.8, 4) is 0 Å². The highest BCUT2D eigenvalue weighted by Crippen LogP contribution is 2.36. The van der Waals surface area contributed by atoms with Crippen molar-refractivity contribution in [2.75, 3.05) is 24.7 Å². The van der Waals surface area contributed by atoms with Crippen LogP contribution in [0.4, 0.5) is 11.4 Å². The topological polar surface area (TPSA) is 145 Å². The lowest BCUT2D eigenvalue weighted by atomic mass is 10.1. The molecule has 1 aromatic heterocycles. The first kappa shape index (κ1) is 27.4. The number of hydrogen-bond acceptors (Lipinski definition) is 7. The number of nitrogens with zero attached hydrogens (tertiary/aromatic N) is 3. The zero-order valence-electron chi connectivity index (χ0n) is 20.1. The standard InChI is InChI=1S/C22H28N4O3.CH4O3S/c1-15(2)26(29,16(3)4)14-8-13-23-22-17-9-5-6-10-18(17)24-19-11-7-12-20(21(19)22)25(27)28;1-5(2,3)4/h5-7,9-12,15-16H,8,13-14H2,1-4H3,(H,23,24);1H3,(H,2,3,4). The fourth-order valence-electron chi connectivity index (χ4n) is 3.91. The van der Waals surface area contributed by atoms with Gasteiger partial charge in [-0.05, 0) is 39.8 Å². The molecular formula is C23H32N4O6S. The monoisotopic (exact) mass is 492 g/mol. The average Bonchev–Trinajstić information content (AvgIpc) is 2.73. The van der Waals surface area contributed by atoms with E-state index >= 15 is 0 Å². The molecule has 34 heavy (non-hydrogen) atoms. The van der Waals surface area contributed by atoms with E-state index in [1.54, 1.807) is 12.1 Å². The molecule has 3 aromatic rings. The molecule has 0 aliphatic carbocycles. The summed E-state index contributed by atoms with van der Waals surface area (Å²) in [6.07, 6.45) is 1.38. The average molecular weight is 493 g/mol. The number of hydroxylamine groups is 3. The van der Waals surface area contributed by atoms with E-state index in [9.17, 15) is 23.7 Å². The predicted molar refractivity (Wildman–Crippen MR) is 135 cm³/mol. The number of para-hydroxylation sites is 1. The van der Waals surface area contributed by atoms with E-state index in [4.69, 9.17) is 4.55 Å². The van der Waals surface area contributed by atoms with Gasteiger partial charge in [-0.3, -0.25) is 14.7 Å². The van der Waals surface area contributed by atoms with Crippen LogP contribution in [0.3, 0.4) is 0 Å². The number of rotatable bonds is 8. The van der Waals surface area contributed by atoms with Crippen LogP contribution < -0.4 is 5.32 Å². The first-order valence-corrected chi connectivity index (χ1v) is 12.8. The molecular weight excluding hydrogens is 460 g/mol. The van der Waals surface area contributed by atoms with E-state index < -0.39 is 10.1 Å². The number of fused-ring (bicyclic) bond motifs is 2. The number of nitro benzene ring substituents is 1. The van der Waals surface area contributed by atoms with E-state index in [1.165, 1.54) is 6.07 Å². The van der Waals surface area contributed by atoms with Crippen LogP contribution >= 0.6 is 0 Å². The maximum atomic E-state index is 13.1. The third-order valence-electron chi connectivity index (χ3n) is 5.62. The summed E-state index contributed by atoms with van der Waals surface area (Å²) >= 11 is 0. The molecule has 10 nitrogen and oxygen atoms in total. The molecule has 0 amide bonds. The zero-order valence-corrected chi connectivity index (χ0v) is 20.9. The Labute approximate surface area is 199 Å². The highest BCUT2D eigenvalue weighted by atomic mass is 32.2. The molecule has 0 saturated carbocycles. The van der Waals surface area contributed by atoms with Gasteiger partial charge in [0.25, 0.3) is 15.8 Å². The molecule has 0 bridgehead atoms. The second-order valence-electron chi connectivity index (χ2n) is 8.71. The predicted octanol–water partition coefficient (Wildman–Crippen LogP) is 4.73. The Balaban J connectivity index is 0.000000739. The van der Waals surface area contributed by atoms with Crippen LogP contribution in [0.2, 0.25) is 0 Å². The van der Waals surface area contributed by atoms with Gasteiger partial charge in [-0.1, -0.05) is 24.3 Å². The maximum absolute atomic E-state index is 13.1. The molecule has 2 aromatic carbocycles. The first-order chi connectivity index (χ1) is 15.8. The molecule has 0 atom stereocenters. The molecule has 0 saturated heterocycles. The minimum absolute atomic E-state index is 0.0151. The Morgan fingerprint density at radius 3 is 2.18 bits per heavy atom. The normalized spacial score (nSPS) is 12.1. The lowest BCUT2D eigenvalue weighted by molar-refractivity contribution is -0.921. The fraction of sp³-hybridized carbons (Fsp3) is 0.435. The zero-order chi connectivity index (χ0) is 25.7. The molecule has 0 unspecified atom stereocenters. The van der Waals surface area contributed by atoms with Crippen LogP contribution in [0.15, 0.2) is 42.5 Å². The summed E-state index contributed by atoms with van der Waals surface area (Å²) in [6, 6.07) is 12.5. The highest BCUT2D eigenvalue weighted by Gasteiger charge is 2.25. The van der Waals surface area contributed by atoms with E-state index in [0.717, 1.165) is 10.9 Å².